The van der Waals surface area contributed by atoms with Gasteiger partial charge in [0.2, 0.25) is 0 Å². The monoisotopic (exact) mass is 317 g/mol. The SMILES string of the molecule is CN(C/C=C/C#CC(C)(C)C)Cc1cccc(-c2ccccc2)c1. The molecule has 1 nitrogen and oxygen atoms in total. The first-order valence-corrected chi connectivity index (χ1v) is 8.45. The molecule has 0 aliphatic carbocycles. The molecule has 0 amide bonds. The maximum absolute atomic E-state index is 3.22. The molecule has 0 saturated heterocycles. The first-order valence-electron chi connectivity index (χ1n) is 8.45. The van der Waals surface area contributed by atoms with Crippen molar-refractivity contribution in [3.63, 3.8) is 0 Å². The van der Waals surface area contributed by atoms with E-state index in [1.54, 1.807) is 0 Å². The van der Waals surface area contributed by atoms with E-state index in [4.69, 9.17) is 0 Å². The molecule has 0 unspecified atom stereocenters. The highest BCUT2D eigenvalue weighted by Crippen LogP contribution is 2.20. The fourth-order valence-electron chi connectivity index (χ4n) is 2.41. The zero-order chi connectivity index (χ0) is 17.4. The lowest BCUT2D eigenvalue weighted by Gasteiger charge is -2.15. The van der Waals surface area contributed by atoms with Crippen molar-refractivity contribution < 1.29 is 0 Å². The molecule has 0 bridgehead atoms. The first-order chi connectivity index (χ1) is 11.4. The van der Waals surface area contributed by atoms with Crippen LogP contribution in [0.1, 0.15) is 26.3 Å². The summed E-state index contributed by atoms with van der Waals surface area (Å²) in [6.45, 7) is 8.20. The van der Waals surface area contributed by atoms with E-state index in [1.807, 2.05) is 6.08 Å². The highest BCUT2D eigenvalue weighted by atomic mass is 15.1. The van der Waals surface area contributed by atoms with Crippen LogP contribution in [-0.4, -0.2) is 18.5 Å². The Morgan fingerprint density at radius 1 is 0.958 bits per heavy atom. The molecule has 0 aromatic heterocycles. The van der Waals surface area contributed by atoms with Gasteiger partial charge >= 0.3 is 0 Å². The van der Waals surface area contributed by atoms with Crippen LogP contribution in [0.4, 0.5) is 0 Å². The Bertz CT molecular complexity index is 724. The van der Waals surface area contributed by atoms with Gasteiger partial charge in [0.1, 0.15) is 0 Å². The lowest BCUT2D eigenvalue weighted by Crippen LogP contribution is -2.17. The summed E-state index contributed by atoms with van der Waals surface area (Å²) in [4.78, 5) is 2.29. The summed E-state index contributed by atoms with van der Waals surface area (Å²) in [6.07, 6.45) is 4.09. The molecule has 2 aromatic carbocycles. The number of hydrogen-bond acceptors (Lipinski definition) is 1. The van der Waals surface area contributed by atoms with Gasteiger partial charge in [-0.3, -0.25) is 4.90 Å². The van der Waals surface area contributed by atoms with E-state index in [1.165, 1.54) is 16.7 Å². The molecule has 0 atom stereocenters. The quantitative estimate of drug-likeness (QED) is 0.668. The van der Waals surface area contributed by atoms with Crippen LogP contribution in [0.3, 0.4) is 0 Å². The summed E-state index contributed by atoms with van der Waals surface area (Å²) in [6, 6.07) is 19.3. The Morgan fingerprint density at radius 2 is 1.67 bits per heavy atom. The molecule has 1 heteroatoms. The summed E-state index contributed by atoms with van der Waals surface area (Å²) in [5.41, 5.74) is 3.93. The molecule has 0 fully saturated rings. The Hall–Kier alpha value is -2.30. The number of nitrogens with zero attached hydrogens (tertiary/aromatic N) is 1. The summed E-state index contributed by atoms with van der Waals surface area (Å²) in [5.74, 6) is 6.33. The number of hydrogen-bond donors (Lipinski definition) is 0. The van der Waals surface area contributed by atoms with Gasteiger partial charge in [-0.05, 0) is 56.7 Å². The highest BCUT2D eigenvalue weighted by molar-refractivity contribution is 5.63. The van der Waals surface area contributed by atoms with Crippen molar-refractivity contribution in [2.45, 2.75) is 27.3 Å². The largest absolute Gasteiger partial charge is 0.298 e. The molecular formula is C23H27N. The fraction of sp³-hybridized carbons (Fsp3) is 0.304. The number of benzene rings is 2. The summed E-state index contributed by atoms with van der Waals surface area (Å²) >= 11 is 0. The number of likely N-dealkylation sites (N-methyl/N-ethyl adjacent to an activating group) is 1. The lowest BCUT2D eigenvalue weighted by atomic mass is 9.98. The molecular weight excluding hydrogens is 290 g/mol. The van der Waals surface area contributed by atoms with Crippen LogP contribution in [-0.2, 0) is 6.54 Å². The Labute approximate surface area is 147 Å². The van der Waals surface area contributed by atoms with Crippen molar-refractivity contribution in [3.8, 4) is 23.0 Å². The highest BCUT2D eigenvalue weighted by Gasteiger charge is 2.03. The van der Waals surface area contributed by atoms with E-state index in [-0.39, 0.29) is 5.41 Å². The van der Waals surface area contributed by atoms with E-state index < -0.39 is 0 Å². The average molecular weight is 317 g/mol. The normalized spacial score (nSPS) is 11.5. The van der Waals surface area contributed by atoms with Gasteiger partial charge in [0.15, 0.2) is 0 Å². The molecule has 2 rings (SSSR count). The second-order valence-corrected chi connectivity index (χ2v) is 7.18. The van der Waals surface area contributed by atoms with E-state index in [0.717, 1.165) is 13.1 Å². The third-order valence-electron chi connectivity index (χ3n) is 3.55. The van der Waals surface area contributed by atoms with Crippen LogP contribution in [0.25, 0.3) is 11.1 Å². The van der Waals surface area contributed by atoms with Gasteiger partial charge in [-0.25, -0.2) is 0 Å². The first kappa shape index (κ1) is 18.0. The molecule has 0 heterocycles. The molecule has 124 valence electrons. The van der Waals surface area contributed by atoms with Gasteiger partial charge in [0, 0.05) is 18.5 Å². The number of allylic oxidation sites excluding steroid dienone is 1. The zero-order valence-electron chi connectivity index (χ0n) is 15.2. The smallest absolute Gasteiger partial charge is 0.0234 e. The van der Waals surface area contributed by atoms with Crippen LogP contribution < -0.4 is 0 Å². The number of rotatable bonds is 5. The molecule has 0 spiro atoms. The predicted molar refractivity (Wildman–Crippen MR) is 105 cm³/mol. The molecule has 0 radical (unpaired) electrons. The minimum absolute atomic E-state index is 0.0636. The van der Waals surface area contributed by atoms with Crippen LogP contribution in [0, 0.1) is 17.3 Å². The van der Waals surface area contributed by atoms with E-state index in [2.05, 4.69) is 105 Å². The Morgan fingerprint density at radius 3 is 2.38 bits per heavy atom. The van der Waals surface area contributed by atoms with Gasteiger partial charge in [-0.2, -0.15) is 0 Å². The topological polar surface area (TPSA) is 3.24 Å². The van der Waals surface area contributed by atoms with Gasteiger partial charge < -0.3 is 0 Å². The van der Waals surface area contributed by atoms with E-state index in [9.17, 15) is 0 Å². The summed E-state index contributed by atoms with van der Waals surface area (Å²) in [7, 11) is 2.14. The van der Waals surface area contributed by atoms with Crippen LogP contribution >= 0.6 is 0 Å². The second kappa shape index (κ2) is 8.52. The third-order valence-corrected chi connectivity index (χ3v) is 3.55. The summed E-state index contributed by atoms with van der Waals surface area (Å²) < 4.78 is 0. The zero-order valence-corrected chi connectivity index (χ0v) is 15.2. The van der Waals surface area contributed by atoms with Crippen molar-refractivity contribution in [1.29, 1.82) is 0 Å². The van der Waals surface area contributed by atoms with Gasteiger partial charge in [-0.15, -0.1) is 0 Å². The third kappa shape index (κ3) is 6.44. The average Bonchev–Trinajstić information content (AvgIpc) is 2.54. The van der Waals surface area contributed by atoms with Crippen molar-refractivity contribution in [2.75, 3.05) is 13.6 Å². The molecule has 2 aromatic rings. The second-order valence-electron chi connectivity index (χ2n) is 7.18. The van der Waals surface area contributed by atoms with Gasteiger partial charge in [0.05, 0.1) is 0 Å². The predicted octanol–water partition coefficient (Wildman–Crippen LogP) is 5.39. The van der Waals surface area contributed by atoms with Crippen molar-refractivity contribution in [2.24, 2.45) is 5.41 Å². The van der Waals surface area contributed by atoms with Crippen molar-refractivity contribution in [3.05, 3.63) is 72.3 Å². The van der Waals surface area contributed by atoms with Gasteiger partial charge in [-0.1, -0.05) is 66.4 Å². The van der Waals surface area contributed by atoms with Crippen LogP contribution in [0.5, 0.6) is 0 Å². The molecule has 0 N–H and O–H groups in total. The van der Waals surface area contributed by atoms with E-state index >= 15 is 0 Å². The van der Waals surface area contributed by atoms with Crippen LogP contribution in [0.2, 0.25) is 0 Å². The van der Waals surface area contributed by atoms with E-state index in [0.29, 0.717) is 0 Å². The lowest BCUT2D eigenvalue weighted by molar-refractivity contribution is 0.363. The molecule has 0 saturated carbocycles. The van der Waals surface area contributed by atoms with Crippen molar-refractivity contribution >= 4 is 0 Å². The fourth-order valence-corrected chi connectivity index (χ4v) is 2.41. The Kier molecular flexibility index (Phi) is 6.41. The molecule has 0 aliphatic rings. The summed E-state index contributed by atoms with van der Waals surface area (Å²) in [5, 5.41) is 0. The minimum Gasteiger partial charge on any atom is -0.298 e. The van der Waals surface area contributed by atoms with Gasteiger partial charge in [0.25, 0.3) is 0 Å². The Balaban J connectivity index is 1.93. The van der Waals surface area contributed by atoms with Crippen molar-refractivity contribution in [1.82, 2.24) is 4.90 Å². The maximum atomic E-state index is 3.22. The maximum Gasteiger partial charge on any atom is 0.0234 e. The molecule has 24 heavy (non-hydrogen) atoms. The molecule has 0 aliphatic heterocycles. The standard InChI is InChI=1S/C23H27N/c1-23(2,3)16-9-6-10-17-24(4)19-20-12-11-15-22(18-20)21-13-7-5-8-14-21/h5-8,10-15,18H,17,19H2,1-4H3/b10-6+. The minimum atomic E-state index is 0.0636. The van der Waals surface area contributed by atoms with Crippen LogP contribution in [0.15, 0.2) is 66.7 Å².